The van der Waals surface area contributed by atoms with Gasteiger partial charge in [-0.15, -0.1) is 0 Å². The zero-order valence-electron chi connectivity index (χ0n) is 18.4. The highest BCUT2D eigenvalue weighted by molar-refractivity contribution is 7.67. The summed E-state index contributed by atoms with van der Waals surface area (Å²) in [5.41, 5.74) is 0.719. The summed E-state index contributed by atoms with van der Waals surface area (Å²) in [7, 11) is -3.51. The molecule has 5 nitrogen and oxygen atoms in total. The topological polar surface area (TPSA) is 63.7 Å². The van der Waals surface area contributed by atoms with E-state index < -0.39 is 19.2 Å². The molecule has 31 heavy (non-hydrogen) atoms. The average Bonchev–Trinajstić information content (AvgIpc) is 2.99. The fourth-order valence-electron chi connectivity index (χ4n) is 4.84. The normalized spacial score (nSPS) is 25.5. The van der Waals surface area contributed by atoms with Crippen molar-refractivity contribution in [2.75, 3.05) is 6.29 Å². The van der Waals surface area contributed by atoms with E-state index in [1.807, 2.05) is 18.2 Å². The first-order valence-corrected chi connectivity index (χ1v) is 12.9. The number of rotatable bonds is 6. The van der Waals surface area contributed by atoms with Gasteiger partial charge in [0, 0.05) is 5.30 Å². The molecule has 2 aliphatic rings. The third-order valence-electron chi connectivity index (χ3n) is 6.62. The highest BCUT2D eigenvalue weighted by Gasteiger charge is 2.43. The van der Waals surface area contributed by atoms with E-state index >= 15 is 0 Å². The number of imide groups is 1. The molecule has 164 valence electrons. The monoisotopic (exact) mass is 439 g/mol. The van der Waals surface area contributed by atoms with Gasteiger partial charge in [0.05, 0.1) is 17.2 Å². The van der Waals surface area contributed by atoms with Crippen LogP contribution in [0.1, 0.15) is 60.7 Å². The van der Waals surface area contributed by atoms with E-state index in [0.29, 0.717) is 34.2 Å². The molecule has 0 bridgehead atoms. The van der Waals surface area contributed by atoms with Gasteiger partial charge in [-0.2, -0.15) is 0 Å². The third-order valence-corrected chi connectivity index (χ3v) is 8.97. The number of fused-ring (bicyclic) bond motifs is 1. The quantitative estimate of drug-likeness (QED) is 0.451. The highest BCUT2D eigenvalue weighted by atomic mass is 31.2. The largest absolute Gasteiger partial charge is 0.320 e. The lowest BCUT2D eigenvalue weighted by molar-refractivity contribution is 0.0462. The Morgan fingerprint density at radius 2 is 1.55 bits per heavy atom. The molecule has 1 fully saturated rings. The van der Waals surface area contributed by atoms with Gasteiger partial charge >= 0.3 is 0 Å². The number of carbonyl (C=O) groups is 2. The first-order chi connectivity index (χ1) is 14.8. The second-order valence-electron chi connectivity index (χ2n) is 9.20. The van der Waals surface area contributed by atoms with E-state index in [1.54, 1.807) is 36.4 Å². The Morgan fingerprint density at radius 1 is 0.968 bits per heavy atom. The molecule has 2 aromatic rings. The van der Waals surface area contributed by atoms with Crippen molar-refractivity contribution in [1.29, 1.82) is 0 Å². The molecule has 0 aromatic heterocycles. The fraction of sp³-hybridized carbons (Fsp3) is 0.440. The minimum Gasteiger partial charge on any atom is -0.320 e. The van der Waals surface area contributed by atoms with Crippen LogP contribution in [0.25, 0.3) is 0 Å². The molecule has 1 aliphatic carbocycles. The van der Waals surface area contributed by atoms with Crippen molar-refractivity contribution in [2.24, 2.45) is 17.8 Å². The Bertz CT molecular complexity index is 984. The molecule has 0 radical (unpaired) electrons. The van der Waals surface area contributed by atoms with Crippen LogP contribution < -0.4 is 5.30 Å². The van der Waals surface area contributed by atoms with Gasteiger partial charge in [0.15, 0.2) is 0 Å². The van der Waals surface area contributed by atoms with Crippen LogP contribution in [0.4, 0.5) is 0 Å². The second kappa shape index (κ2) is 8.72. The Kier molecular flexibility index (Phi) is 6.18. The van der Waals surface area contributed by atoms with Crippen LogP contribution in [0.2, 0.25) is 0 Å². The predicted octanol–water partition coefficient (Wildman–Crippen LogP) is 5.32. The van der Waals surface area contributed by atoms with Crippen LogP contribution in [0.15, 0.2) is 54.6 Å². The van der Waals surface area contributed by atoms with Crippen molar-refractivity contribution in [1.82, 2.24) is 4.90 Å². The van der Waals surface area contributed by atoms with Crippen LogP contribution >= 0.6 is 7.37 Å². The second-order valence-corrected chi connectivity index (χ2v) is 11.6. The molecule has 6 heteroatoms. The van der Waals surface area contributed by atoms with Crippen LogP contribution in [0.3, 0.4) is 0 Å². The summed E-state index contributed by atoms with van der Waals surface area (Å²) < 4.78 is 20.9. The molecule has 1 aliphatic heterocycles. The number of hydrogen-bond acceptors (Lipinski definition) is 4. The Labute approximate surface area is 184 Å². The van der Waals surface area contributed by atoms with E-state index in [2.05, 4.69) is 20.8 Å². The van der Waals surface area contributed by atoms with Gasteiger partial charge < -0.3 is 4.52 Å². The van der Waals surface area contributed by atoms with Crippen molar-refractivity contribution < 1.29 is 18.7 Å². The average molecular weight is 439 g/mol. The van der Waals surface area contributed by atoms with E-state index in [0.717, 1.165) is 24.2 Å². The van der Waals surface area contributed by atoms with E-state index in [4.69, 9.17) is 4.52 Å². The predicted molar refractivity (Wildman–Crippen MR) is 122 cm³/mol. The number of hydrogen-bond donors (Lipinski definition) is 0. The molecule has 0 saturated heterocycles. The number of amides is 2. The lowest BCUT2D eigenvalue weighted by Gasteiger charge is -2.39. The first kappa shape index (κ1) is 22.0. The van der Waals surface area contributed by atoms with Crippen LogP contribution in [0.5, 0.6) is 0 Å². The smallest absolute Gasteiger partial charge is 0.262 e. The Hall–Kier alpha value is -2.23. The van der Waals surface area contributed by atoms with Crippen LogP contribution in [-0.2, 0) is 9.09 Å². The first-order valence-electron chi connectivity index (χ1n) is 11.1. The summed E-state index contributed by atoms with van der Waals surface area (Å²) in [5.74, 6) is 0.385. The SMILES string of the molecule is CC(C)[C@@H]1CC[C@@H](C)C[C@H]1O[P@](=O)(CN1C(=O)c2ccccc2C1=O)c1ccccc1. The molecule has 1 heterocycles. The maximum atomic E-state index is 14.4. The maximum Gasteiger partial charge on any atom is 0.262 e. The summed E-state index contributed by atoms with van der Waals surface area (Å²) in [5, 5.41) is 0.548. The summed E-state index contributed by atoms with van der Waals surface area (Å²) in [6, 6.07) is 15.8. The minimum absolute atomic E-state index is 0.162. The zero-order chi connectivity index (χ0) is 22.2. The molecular formula is C25H30NO4P. The molecule has 1 saturated carbocycles. The van der Waals surface area contributed by atoms with Gasteiger partial charge in [0.25, 0.3) is 19.2 Å². The van der Waals surface area contributed by atoms with Gasteiger partial charge in [0.2, 0.25) is 0 Å². The molecule has 2 amide bonds. The van der Waals surface area contributed by atoms with E-state index in [9.17, 15) is 14.2 Å². The molecule has 4 atom stereocenters. The number of carbonyl (C=O) groups excluding carboxylic acids is 2. The van der Waals surface area contributed by atoms with Crippen molar-refractivity contribution >= 4 is 24.5 Å². The van der Waals surface area contributed by atoms with Crippen molar-refractivity contribution in [2.45, 2.75) is 46.1 Å². The van der Waals surface area contributed by atoms with Gasteiger partial charge in [-0.25, -0.2) is 0 Å². The lowest BCUT2D eigenvalue weighted by Crippen LogP contribution is -2.38. The van der Waals surface area contributed by atoms with Crippen molar-refractivity contribution in [3.8, 4) is 0 Å². The summed E-state index contributed by atoms with van der Waals surface area (Å²) in [4.78, 5) is 27.0. The summed E-state index contributed by atoms with van der Waals surface area (Å²) >= 11 is 0. The number of benzene rings is 2. The molecule has 0 N–H and O–H groups in total. The van der Waals surface area contributed by atoms with Crippen LogP contribution in [-0.4, -0.2) is 29.1 Å². The Balaban J connectivity index is 1.68. The summed E-state index contributed by atoms with van der Waals surface area (Å²) in [6.07, 6.45) is 2.60. The number of nitrogens with zero attached hydrogens (tertiary/aromatic N) is 1. The van der Waals surface area contributed by atoms with Gasteiger partial charge in [0.1, 0.15) is 6.29 Å². The van der Waals surface area contributed by atoms with Gasteiger partial charge in [-0.05, 0) is 54.9 Å². The zero-order valence-corrected chi connectivity index (χ0v) is 19.3. The van der Waals surface area contributed by atoms with Gasteiger partial charge in [-0.3, -0.25) is 19.1 Å². The standard InChI is InChI=1S/C25H30NO4P/c1-17(2)20-14-13-18(3)15-23(20)30-31(29,19-9-5-4-6-10-19)16-26-24(27)21-11-7-8-12-22(21)25(26)28/h4-12,17-18,20,23H,13-16H2,1-3H3/t18-,20+,23-,31-/m1/s1. The fourth-order valence-corrected chi connectivity index (χ4v) is 7.13. The maximum absolute atomic E-state index is 14.4. The minimum atomic E-state index is -3.51. The highest BCUT2D eigenvalue weighted by Crippen LogP contribution is 2.52. The van der Waals surface area contributed by atoms with Crippen LogP contribution in [0, 0.1) is 17.8 Å². The van der Waals surface area contributed by atoms with E-state index in [-0.39, 0.29) is 12.4 Å². The van der Waals surface area contributed by atoms with E-state index in [1.165, 1.54) is 0 Å². The lowest BCUT2D eigenvalue weighted by atomic mass is 9.75. The molecule has 4 rings (SSSR count). The summed E-state index contributed by atoms with van der Waals surface area (Å²) in [6.45, 7) is 6.55. The van der Waals surface area contributed by atoms with Crippen molar-refractivity contribution in [3.05, 3.63) is 65.7 Å². The Morgan fingerprint density at radius 3 is 2.13 bits per heavy atom. The molecule has 0 unspecified atom stereocenters. The van der Waals surface area contributed by atoms with Gasteiger partial charge in [-0.1, -0.05) is 57.5 Å². The molecule has 0 spiro atoms. The molecule has 2 aromatic carbocycles. The molecular weight excluding hydrogens is 409 g/mol. The van der Waals surface area contributed by atoms with Crippen molar-refractivity contribution in [3.63, 3.8) is 0 Å². The third kappa shape index (κ3) is 4.26.